The number of carbonyl (C=O) groups excluding carboxylic acids is 2. The Morgan fingerprint density at radius 3 is 2.21 bits per heavy atom. The Bertz CT molecular complexity index is 1360. The summed E-state index contributed by atoms with van der Waals surface area (Å²) in [4.78, 5) is 23.8. The van der Waals surface area contributed by atoms with Crippen LogP contribution >= 0.6 is 23.2 Å². The molecule has 0 aliphatic carbocycles. The lowest BCUT2D eigenvalue weighted by molar-refractivity contribution is -0.137. The maximum absolute atomic E-state index is 13.0. The molecule has 2 amide bonds. The molecule has 13 heteroatoms. The number of amides is 2. The summed E-state index contributed by atoms with van der Waals surface area (Å²) >= 11 is 12.1. The van der Waals surface area contributed by atoms with Crippen LogP contribution in [-0.4, -0.2) is 24.8 Å². The van der Waals surface area contributed by atoms with E-state index in [9.17, 15) is 31.2 Å². The topological polar surface area (TPSA) is 97.3 Å². The molecule has 0 atom stereocenters. The average Bonchev–Trinajstić information content (AvgIpc) is 3.05. The van der Waals surface area contributed by atoms with Crippen LogP contribution in [0.25, 0.3) is 10.9 Å². The second kappa shape index (κ2) is 8.88. The van der Waals surface area contributed by atoms with Gasteiger partial charge in [0.15, 0.2) is 0 Å². The van der Waals surface area contributed by atoms with Gasteiger partial charge in [-0.2, -0.15) is 13.2 Å². The Labute approximate surface area is 196 Å². The number of carbonyl (C=O) groups is 2. The molecular formula is C20H16Cl2F3N3O4S. The summed E-state index contributed by atoms with van der Waals surface area (Å²) in [5, 5.41) is 2.22. The molecule has 0 saturated carbocycles. The fourth-order valence-electron chi connectivity index (χ4n) is 3.03. The quantitative estimate of drug-likeness (QED) is 0.495. The predicted octanol–water partition coefficient (Wildman–Crippen LogP) is 4.97. The number of benzene rings is 2. The van der Waals surface area contributed by atoms with Crippen molar-refractivity contribution in [3.05, 3.63) is 57.7 Å². The van der Waals surface area contributed by atoms with Crippen molar-refractivity contribution in [1.82, 2.24) is 9.29 Å². The molecule has 0 aliphatic heterocycles. The highest BCUT2D eigenvalue weighted by atomic mass is 35.5. The number of hydrogen-bond donors (Lipinski definition) is 2. The smallest absolute Gasteiger partial charge is 0.340 e. The molecule has 2 N–H and O–H groups in total. The van der Waals surface area contributed by atoms with Crippen molar-refractivity contribution >= 4 is 61.6 Å². The van der Waals surface area contributed by atoms with Crippen LogP contribution in [0.4, 0.5) is 18.9 Å². The van der Waals surface area contributed by atoms with Crippen LogP contribution in [0.2, 0.25) is 10.0 Å². The monoisotopic (exact) mass is 521 g/mol. The molecular weight excluding hydrogens is 506 g/mol. The molecule has 3 rings (SSSR count). The number of fused-ring (bicyclic) bond motifs is 1. The van der Waals surface area contributed by atoms with Gasteiger partial charge in [-0.25, -0.2) is 13.1 Å². The Kier molecular flexibility index (Phi) is 6.69. The van der Waals surface area contributed by atoms with Gasteiger partial charge in [0.1, 0.15) is 5.69 Å². The van der Waals surface area contributed by atoms with Crippen LogP contribution in [-0.2, 0) is 28.0 Å². The lowest BCUT2D eigenvalue weighted by atomic mass is 10.1. The summed E-state index contributed by atoms with van der Waals surface area (Å²) in [6, 6.07) is 6.08. The minimum atomic E-state index is -4.57. The van der Waals surface area contributed by atoms with Crippen LogP contribution < -0.4 is 10.0 Å². The van der Waals surface area contributed by atoms with Gasteiger partial charge in [0.2, 0.25) is 5.91 Å². The summed E-state index contributed by atoms with van der Waals surface area (Å²) in [6.07, 6.45) is -4.44. The number of aryl methyl sites for hydroxylation is 1. The fourth-order valence-corrected chi connectivity index (χ4v) is 4.75. The van der Waals surface area contributed by atoms with Crippen molar-refractivity contribution in [2.75, 3.05) is 5.32 Å². The summed E-state index contributed by atoms with van der Waals surface area (Å²) in [6.45, 7) is 1.60. The average molecular weight is 522 g/mol. The van der Waals surface area contributed by atoms with Crippen molar-refractivity contribution < 1.29 is 31.2 Å². The van der Waals surface area contributed by atoms with Crippen molar-refractivity contribution in [2.45, 2.75) is 24.4 Å². The third-order valence-electron chi connectivity index (χ3n) is 4.74. The van der Waals surface area contributed by atoms with E-state index in [1.165, 1.54) is 17.7 Å². The first-order chi connectivity index (χ1) is 15.2. The van der Waals surface area contributed by atoms with E-state index in [4.69, 9.17) is 23.2 Å². The lowest BCUT2D eigenvalue weighted by Crippen LogP contribution is -2.31. The Balaban J connectivity index is 1.93. The molecule has 0 radical (unpaired) electrons. The van der Waals surface area contributed by atoms with Gasteiger partial charge < -0.3 is 9.88 Å². The molecule has 0 fully saturated rings. The first kappa shape index (κ1) is 24.9. The minimum absolute atomic E-state index is 0.0182. The number of nitrogens with one attached hydrogen (secondary N) is 2. The van der Waals surface area contributed by atoms with E-state index in [1.54, 1.807) is 6.92 Å². The van der Waals surface area contributed by atoms with Gasteiger partial charge in [0.05, 0.1) is 26.2 Å². The van der Waals surface area contributed by atoms with Crippen molar-refractivity contribution in [2.24, 2.45) is 7.05 Å². The molecule has 0 aliphatic rings. The molecule has 0 unspecified atom stereocenters. The van der Waals surface area contributed by atoms with Crippen LogP contribution in [0.3, 0.4) is 0 Å². The highest BCUT2D eigenvalue weighted by Gasteiger charge is 2.31. The van der Waals surface area contributed by atoms with E-state index >= 15 is 0 Å². The molecule has 2 aromatic carbocycles. The van der Waals surface area contributed by atoms with Crippen LogP contribution in [0, 0.1) is 0 Å². The molecule has 176 valence electrons. The maximum Gasteiger partial charge on any atom is 0.416 e. The van der Waals surface area contributed by atoms with Gasteiger partial charge >= 0.3 is 6.18 Å². The zero-order valence-electron chi connectivity index (χ0n) is 17.0. The molecule has 3 aromatic rings. The van der Waals surface area contributed by atoms with Gasteiger partial charge in [-0.05, 0) is 36.4 Å². The number of anilines is 1. The third-order valence-corrected chi connectivity index (χ3v) is 6.65. The van der Waals surface area contributed by atoms with E-state index in [-0.39, 0.29) is 33.2 Å². The van der Waals surface area contributed by atoms with Gasteiger partial charge in [0.25, 0.3) is 15.9 Å². The van der Waals surface area contributed by atoms with Gasteiger partial charge in [0, 0.05) is 24.4 Å². The van der Waals surface area contributed by atoms with Crippen molar-refractivity contribution in [3.8, 4) is 0 Å². The molecule has 0 spiro atoms. The first-order valence-corrected chi connectivity index (χ1v) is 11.5. The number of rotatable bonds is 5. The predicted molar refractivity (Wildman–Crippen MR) is 118 cm³/mol. The van der Waals surface area contributed by atoms with E-state index < -0.39 is 38.5 Å². The highest BCUT2D eigenvalue weighted by molar-refractivity contribution is 7.90. The zero-order chi connectivity index (χ0) is 24.7. The fraction of sp³-hybridized carbons (Fsp3) is 0.200. The standard InChI is InChI=1S/C20H16Cl2F3N3O4S/c1-3-17(29)26-18-13(21)8-12(9-14(18)22)33(31,32)27-19(30)16-7-10-6-11(20(23,24)25)4-5-15(10)28(16)2/h4-9H,3H2,1-2H3,(H,26,29)(H,27,30). The normalized spacial score (nSPS) is 12.1. The third kappa shape index (κ3) is 5.10. The first-order valence-electron chi connectivity index (χ1n) is 9.27. The van der Waals surface area contributed by atoms with Gasteiger partial charge in [-0.15, -0.1) is 0 Å². The van der Waals surface area contributed by atoms with Gasteiger partial charge in [-0.3, -0.25) is 9.59 Å². The molecule has 0 saturated heterocycles. The molecule has 7 nitrogen and oxygen atoms in total. The van der Waals surface area contributed by atoms with Crippen LogP contribution in [0.5, 0.6) is 0 Å². The number of hydrogen-bond acceptors (Lipinski definition) is 4. The van der Waals surface area contributed by atoms with E-state index in [0.29, 0.717) is 5.52 Å². The molecule has 33 heavy (non-hydrogen) atoms. The lowest BCUT2D eigenvalue weighted by Gasteiger charge is -2.12. The minimum Gasteiger partial charge on any atom is -0.340 e. The largest absolute Gasteiger partial charge is 0.416 e. The van der Waals surface area contributed by atoms with Crippen LogP contribution in [0.1, 0.15) is 29.4 Å². The summed E-state index contributed by atoms with van der Waals surface area (Å²) in [5.74, 6) is -1.47. The van der Waals surface area contributed by atoms with Crippen molar-refractivity contribution in [3.63, 3.8) is 0 Å². The van der Waals surface area contributed by atoms with E-state index in [2.05, 4.69) is 5.32 Å². The van der Waals surface area contributed by atoms with Crippen molar-refractivity contribution in [1.29, 1.82) is 0 Å². The van der Waals surface area contributed by atoms with Crippen LogP contribution in [0.15, 0.2) is 41.3 Å². The number of alkyl halides is 3. The van der Waals surface area contributed by atoms with E-state index in [1.807, 2.05) is 4.72 Å². The Hall–Kier alpha value is -2.76. The molecule has 1 heterocycles. The van der Waals surface area contributed by atoms with Gasteiger partial charge in [-0.1, -0.05) is 30.1 Å². The molecule has 1 aromatic heterocycles. The highest BCUT2D eigenvalue weighted by Crippen LogP contribution is 2.34. The second-order valence-electron chi connectivity index (χ2n) is 6.96. The maximum atomic E-state index is 13.0. The number of sulfonamides is 1. The Morgan fingerprint density at radius 2 is 1.67 bits per heavy atom. The second-order valence-corrected chi connectivity index (χ2v) is 9.46. The number of aromatic nitrogens is 1. The SMILES string of the molecule is CCC(=O)Nc1c(Cl)cc(S(=O)(=O)NC(=O)c2cc3cc(C(F)(F)F)ccc3n2C)cc1Cl. The number of nitrogens with zero attached hydrogens (tertiary/aromatic N) is 1. The molecule has 0 bridgehead atoms. The Morgan fingerprint density at radius 1 is 1.06 bits per heavy atom. The zero-order valence-corrected chi connectivity index (χ0v) is 19.4. The summed E-state index contributed by atoms with van der Waals surface area (Å²) in [5.41, 5.74) is -0.770. The van der Waals surface area contributed by atoms with E-state index in [0.717, 1.165) is 30.3 Å². The number of halogens is 5. The summed E-state index contributed by atoms with van der Waals surface area (Å²) < 4.78 is 67.5. The summed E-state index contributed by atoms with van der Waals surface area (Å²) in [7, 11) is -3.05.